The van der Waals surface area contributed by atoms with E-state index in [1.807, 2.05) is 6.92 Å². The summed E-state index contributed by atoms with van der Waals surface area (Å²) in [7, 11) is -3.63. The molecule has 0 bridgehead atoms. The van der Waals surface area contributed by atoms with Crippen molar-refractivity contribution in [3.63, 3.8) is 0 Å². The van der Waals surface area contributed by atoms with E-state index in [9.17, 15) is 8.42 Å². The standard InChI is InChI=1S/C11H18N2O3S/c1-3-9-4-5-10(12)6-11(9)17(15,16)13-8(2)7-14/h4-6,8,13-14H,3,7,12H2,1-2H3/t8-/m0/s1. The zero-order valence-electron chi connectivity index (χ0n) is 9.97. The summed E-state index contributed by atoms with van der Waals surface area (Å²) >= 11 is 0. The summed E-state index contributed by atoms with van der Waals surface area (Å²) in [5.74, 6) is 0. The molecule has 4 N–H and O–H groups in total. The molecule has 1 atom stereocenters. The molecular weight excluding hydrogens is 240 g/mol. The normalized spacial score (nSPS) is 13.6. The highest BCUT2D eigenvalue weighted by Gasteiger charge is 2.20. The molecule has 1 rings (SSSR count). The predicted molar refractivity (Wildman–Crippen MR) is 67.1 cm³/mol. The van der Waals surface area contributed by atoms with Crippen LogP contribution in [0.25, 0.3) is 0 Å². The number of nitrogens with two attached hydrogens (primary N) is 1. The van der Waals surface area contributed by atoms with E-state index in [1.54, 1.807) is 19.1 Å². The van der Waals surface area contributed by atoms with Crippen molar-refractivity contribution in [1.82, 2.24) is 4.72 Å². The molecule has 5 nitrogen and oxygen atoms in total. The second kappa shape index (κ2) is 5.48. The lowest BCUT2D eigenvalue weighted by molar-refractivity contribution is 0.265. The summed E-state index contributed by atoms with van der Waals surface area (Å²) in [4.78, 5) is 0.181. The third kappa shape index (κ3) is 3.42. The predicted octanol–water partition coefficient (Wildman–Crippen LogP) is 0.490. The summed E-state index contributed by atoms with van der Waals surface area (Å²) in [5, 5.41) is 8.87. The number of sulfonamides is 1. The second-order valence-electron chi connectivity index (χ2n) is 3.93. The largest absolute Gasteiger partial charge is 0.399 e. The van der Waals surface area contributed by atoms with Crippen LogP contribution in [0, 0.1) is 0 Å². The minimum atomic E-state index is -3.63. The summed E-state index contributed by atoms with van der Waals surface area (Å²) in [6.45, 7) is 3.22. The number of aliphatic hydroxyl groups excluding tert-OH is 1. The zero-order valence-corrected chi connectivity index (χ0v) is 10.8. The Morgan fingerprint density at radius 1 is 1.47 bits per heavy atom. The van der Waals surface area contributed by atoms with Crippen LogP contribution in [0.4, 0.5) is 5.69 Å². The van der Waals surface area contributed by atoms with Crippen LogP contribution >= 0.6 is 0 Å². The summed E-state index contributed by atoms with van der Waals surface area (Å²) in [6.07, 6.45) is 0.601. The summed E-state index contributed by atoms with van der Waals surface area (Å²) in [5.41, 5.74) is 6.71. The van der Waals surface area contributed by atoms with Crippen molar-refractivity contribution in [3.8, 4) is 0 Å². The lowest BCUT2D eigenvalue weighted by Crippen LogP contribution is -2.35. The number of anilines is 1. The molecule has 17 heavy (non-hydrogen) atoms. The number of nitrogens with one attached hydrogen (secondary N) is 1. The van der Waals surface area contributed by atoms with E-state index in [2.05, 4.69) is 4.72 Å². The fourth-order valence-electron chi connectivity index (χ4n) is 1.48. The number of benzene rings is 1. The average molecular weight is 258 g/mol. The van der Waals surface area contributed by atoms with E-state index in [4.69, 9.17) is 10.8 Å². The highest BCUT2D eigenvalue weighted by molar-refractivity contribution is 7.89. The molecule has 0 aliphatic rings. The first-order chi connectivity index (χ1) is 7.90. The van der Waals surface area contributed by atoms with Crippen LogP contribution < -0.4 is 10.5 Å². The van der Waals surface area contributed by atoms with E-state index in [1.165, 1.54) is 6.07 Å². The lowest BCUT2D eigenvalue weighted by atomic mass is 10.1. The number of hydrogen-bond acceptors (Lipinski definition) is 4. The van der Waals surface area contributed by atoms with Crippen LogP contribution in [-0.2, 0) is 16.4 Å². The molecule has 1 aromatic carbocycles. The van der Waals surface area contributed by atoms with E-state index in [0.717, 1.165) is 0 Å². The minimum Gasteiger partial charge on any atom is -0.399 e. The molecule has 0 saturated carbocycles. The van der Waals surface area contributed by atoms with Crippen molar-refractivity contribution in [2.45, 2.75) is 31.2 Å². The Labute approximate surface area is 102 Å². The molecule has 0 heterocycles. The second-order valence-corrected chi connectivity index (χ2v) is 5.61. The van der Waals surface area contributed by atoms with Gasteiger partial charge in [0.2, 0.25) is 10.0 Å². The molecule has 0 spiro atoms. The molecule has 0 amide bonds. The van der Waals surface area contributed by atoms with Gasteiger partial charge in [-0.1, -0.05) is 13.0 Å². The Kier molecular flexibility index (Phi) is 4.50. The maximum absolute atomic E-state index is 12.1. The molecule has 0 fully saturated rings. The Morgan fingerprint density at radius 3 is 2.65 bits per heavy atom. The fourth-order valence-corrected chi connectivity index (χ4v) is 3.06. The zero-order chi connectivity index (χ0) is 13.1. The van der Waals surface area contributed by atoms with Crippen LogP contribution in [0.2, 0.25) is 0 Å². The molecule has 0 unspecified atom stereocenters. The van der Waals surface area contributed by atoms with E-state index in [-0.39, 0.29) is 11.5 Å². The van der Waals surface area contributed by atoms with Crippen molar-refractivity contribution in [1.29, 1.82) is 0 Å². The van der Waals surface area contributed by atoms with Gasteiger partial charge in [0.1, 0.15) is 0 Å². The molecule has 6 heteroatoms. The summed E-state index contributed by atoms with van der Waals surface area (Å²) < 4.78 is 26.5. The number of nitrogen functional groups attached to an aromatic ring is 1. The van der Waals surface area contributed by atoms with Crippen molar-refractivity contribution >= 4 is 15.7 Å². The van der Waals surface area contributed by atoms with Crippen molar-refractivity contribution in [2.24, 2.45) is 0 Å². The van der Waals surface area contributed by atoms with Gasteiger partial charge in [0.05, 0.1) is 11.5 Å². The van der Waals surface area contributed by atoms with Gasteiger partial charge in [-0.05, 0) is 31.0 Å². The highest BCUT2D eigenvalue weighted by Crippen LogP contribution is 2.19. The Morgan fingerprint density at radius 2 is 2.12 bits per heavy atom. The van der Waals surface area contributed by atoms with Gasteiger partial charge in [-0.3, -0.25) is 0 Å². The lowest BCUT2D eigenvalue weighted by Gasteiger charge is -2.14. The van der Waals surface area contributed by atoms with Crippen LogP contribution in [0.15, 0.2) is 23.1 Å². The number of rotatable bonds is 5. The smallest absolute Gasteiger partial charge is 0.241 e. The van der Waals surface area contributed by atoms with E-state index >= 15 is 0 Å². The maximum Gasteiger partial charge on any atom is 0.241 e. The molecule has 0 aromatic heterocycles. The monoisotopic (exact) mass is 258 g/mol. The minimum absolute atomic E-state index is 0.181. The number of aliphatic hydroxyl groups is 1. The fraction of sp³-hybridized carbons (Fsp3) is 0.455. The molecule has 0 aliphatic carbocycles. The van der Waals surface area contributed by atoms with Crippen molar-refractivity contribution in [2.75, 3.05) is 12.3 Å². The van der Waals surface area contributed by atoms with Crippen molar-refractivity contribution in [3.05, 3.63) is 23.8 Å². The topological polar surface area (TPSA) is 92.4 Å². The van der Waals surface area contributed by atoms with Crippen LogP contribution in [0.5, 0.6) is 0 Å². The van der Waals surface area contributed by atoms with Gasteiger partial charge in [0, 0.05) is 11.7 Å². The van der Waals surface area contributed by atoms with Gasteiger partial charge in [-0.2, -0.15) is 0 Å². The third-order valence-electron chi connectivity index (χ3n) is 2.39. The van der Waals surface area contributed by atoms with Gasteiger partial charge < -0.3 is 10.8 Å². The van der Waals surface area contributed by atoms with Crippen LogP contribution in [0.1, 0.15) is 19.4 Å². The van der Waals surface area contributed by atoms with E-state index < -0.39 is 16.1 Å². The van der Waals surface area contributed by atoms with Crippen LogP contribution in [-0.4, -0.2) is 26.2 Å². The molecule has 0 saturated heterocycles. The van der Waals surface area contributed by atoms with Gasteiger partial charge in [-0.25, -0.2) is 13.1 Å². The Balaban J connectivity index is 3.18. The van der Waals surface area contributed by atoms with Gasteiger partial charge >= 0.3 is 0 Å². The first-order valence-electron chi connectivity index (χ1n) is 5.42. The molecule has 96 valence electrons. The first kappa shape index (κ1) is 14.0. The Bertz CT molecular complexity index is 485. The Hall–Kier alpha value is -1.11. The summed E-state index contributed by atoms with van der Waals surface area (Å²) in [6, 6.07) is 4.29. The highest BCUT2D eigenvalue weighted by atomic mass is 32.2. The quantitative estimate of drug-likeness (QED) is 0.670. The van der Waals surface area contributed by atoms with Gasteiger partial charge in [0.25, 0.3) is 0 Å². The molecule has 1 aromatic rings. The SMILES string of the molecule is CCc1ccc(N)cc1S(=O)(=O)N[C@@H](C)CO. The first-order valence-corrected chi connectivity index (χ1v) is 6.90. The number of hydrogen-bond donors (Lipinski definition) is 3. The molecule has 0 aliphatic heterocycles. The molecular formula is C11H18N2O3S. The molecule has 0 radical (unpaired) electrons. The number of aryl methyl sites for hydroxylation is 1. The average Bonchev–Trinajstić information content (AvgIpc) is 2.28. The van der Waals surface area contributed by atoms with E-state index in [0.29, 0.717) is 17.7 Å². The van der Waals surface area contributed by atoms with Crippen molar-refractivity contribution < 1.29 is 13.5 Å². The van der Waals surface area contributed by atoms with Crippen LogP contribution in [0.3, 0.4) is 0 Å². The third-order valence-corrected chi connectivity index (χ3v) is 4.06. The van der Waals surface area contributed by atoms with Gasteiger partial charge in [0.15, 0.2) is 0 Å². The maximum atomic E-state index is 12.1. The van der Waals surface area contributed by atoms with Gasteiger partial charge in [-0.15, -0.1) is 0 Å².